The van der Waals surface area contributed by atoms with Gasteiger partial charge in [0, 0.05) is 13.1 Å². The van der Waals surface area contributed by atoms with Gasteiger partial charge in [-0.15, -0.1) is 0 Å². The smallest absolute Gasteiger partial charge is 0.268 e. The first-order valence-corrected chi connectivity index (χ1v) is 5.99. The quantitative estimate of drug-likeness (QED) is 0.854. The summed E-state index contributed by atoms with van der Waals surface area (Å²) in [5.74, 6) is -0.816. The van der Waals surface area contributed by atoms with Crippen LogP contribution in [0.3, 0.4) is 0 Å². The Balaban J connectivity index is 2.03. The minimum absolute atomic E-state index is 0.112. The third-order valence-corrected chi connectivity index (χ3v) is 2.98. The van der Waals surface area contributed by atoms with Gasteiger partial charge in [0.05, 0.1) is 5.56 Å². The second kappa shape index (κ2) is 5.27. The summed E-state index contributed by atoms with van der Waals surface area (Å²) < 4.78 is 13.6. The number of halogens is 1. The predicted molar refractivity (Wildman–Crippen MR) is 64.0 cm³/mol. The fourth-order valence-electron chi connectivity index (χ4n) is 2.01. The van der Waals surface area contributed by atoms with Crippen LogP contribution in [0, 0.1) is 12.7 Å². The van der Waals surface area contributed by atoms with Crippen LogP contribution in [-0.4, -0.2) is 24.0 Å². The van der Waals surface area contributed by atoms with Gasteiger partial charge in [-0.1, -0.05) is 12.5 Å². The third-order valence-electron chi connectivity index (χ3n) is 2.98. The van der Waals surface area contributed by atoms with E-state index in [1.807, 2.05) is 5.01 Å². The highest BCUT2D eigenvalue weighted by molar-refractivity contribution is 5.94. The number of piperidine rings is 1. The Labute approximate surface area is 101 Å². The number of carbonyl (C=O) groups is 1. The lowest BCUT2D eigenvalue weighted by Crippen LogP contribution is -2.45. The van der Waals surface area contributed by atoms with Crippen LogP contribution in [0.4, 0.5) is 4.39 Å². The number of nitrogens with one attached hydrogen (secondary N) is 1. The number of aryl methyl sites for hydroxylation is 1. The standard InChI is InChI=1S/C13H17FN2O/c1-10-5-6-11(12(14)9-10)13(17)15-16-7-3-2-4-8-16/h5-6,9H,2-4,7-8H2,1H3,(H,15,17). The number of carbonyl (C=O) groups excluding carboxylic acids is 1. The van der Waals surface area contributed by atoms with Crippen molar-refractivity contribution in [1.29, 1.82) is 0 Å². The molecule has 0 radical (unpaired) electrons. The van der Waals surface area contributed by atoms with E-state index in [0.29, 0.717) is 0 Å². The topological polar surface area (TPSA) is 32.3 Å². The van der Waals surface area contributed by atoms with E-state index in [-0.39, 0.29) is 11.5 Å². The van der Waals surface area contributed by atoms with Gasteiger partial charge in [0.1, 0.15) is 5.82 Å². The largest absolute Gasteiger partial charge is 0.285 e. The Morgan fingerprint density at radius 2 is 2.00 bits per heavy atom. The lowest BCUT2D eigenvalue weighted by atomic mass is 10.1. The van der Waals surface area contributed by atoms with Crippen molar-refractivity contribution in [2.24, 2.45) is 0 Å². The molecule has 17 heavy (non-hydrogen) atoms. The maximum atomic E-state index is 13.6. The Morgan fingerprint density at radius 1 is 1.29 bits per heavy atom. The first-order chi connectivity index (χ1) is 8.16. The number of hydrazine groups is 1. The van der Waals surface area contributed by atoms with Gasteiger partial charge in [0.25, 0.3) is 5.91 Å². The maximum Gasteiger partial charge on any atom is 0.268 e. The minimum Gasteiger partial charge on any atom is -0.285 e. The molecule has 4 heteroatoms. The SMILES string of the molecule is Cc1ccc(C(=O)NN2CCCCC2)c(F)c1. The summed E-state index contributed by atoms with van der Waals surface area (Å²) in [6.07, 6.45) is 3.36. The van der Waals surface area contributed by atoms with Gasteiger partial charge >= 0.3 is 0 Å². The van der Waals surface area contributed by atoms with Crippen molar-refractivity contribution in [3.63, 3.8) is 0 Å². The second-order valence-corrected chi connectivity index (χ2v) is 4.47. The van der Waals surface area contributed by atoms with Crippen molar-refractivity contribution in [3.8, 4) is 0 Å². The molecule has 2 rings (SSSR count). The van der Waals surface area contributed by atoms with E-state index in [0.717, 1.165) is 31.5 Å². The van der Waals surface area contributed by atoms with E-state index in [2.05, 4.69) is 5.43 Å². The minimum atomic E-state index is -0.459. The fourth-order valence-corrected chi connectivity index (χ4v) is 2.01. The third kappa shape index (κ3) is 3.03. The van der Waals surface area contributed by atoms with Crippen LogP contribution >= 0.6 is 0 Å². The fraction of sp³-hybridized carbons (Fsp3) is 0.462. The lowest BCUT2D eigenvalue weighted by molar-refractivity contribution is 0.0746. The van der Waals surface area contributed by atoms with Gasteiger partial charge in [-0.25, -0.2) is 9.40 Å². The molecular formula is C13H17FN2O. The van der Waals surface area contributed by atoms with E-state index in [1.165, 1.54) is 18.6 Å². The molecule has 0 bridgehead atoms. The highest BCUT2D eigenvalue weighted by atomic mass is 19.1. The molecule has 1 aliphatic heterocycles. The second-order valence-electron chi connectivity index (χ2n) is 4.47. The van der Waals surface area contributed by atoms with Gasteiger partial charge < -0.3 is 0 Å². The average Bonchev–Trinajstić information content (AvgIpc) is 2.30. The maximum absolute atomic E-state index is 13.6. The van der Waals surface area contributed by atoms with Crippen molar-refractivity contribution in [3.05, 3.63) is 35.1 Å². The zero-order valence-electron chi connectivity index (χ0n) is 10.0. The van der Waals surface area contributed by atoms with Crippen LogP contribution in [0.15, 0.2) is 18.2 Å². The first kappa shape index (κ1) is 12.0. The molecule has 0 unspecified atom stereocenters. The first-order valence-electron chi connectivity index (χ1n) is 5.99. The van der Waals surface area contributed by atoms with Gasteiger partial charge in [0.15, 0.2) is 0 Å². The summed E-state index contributed by atoms with van der Waals surface area (Å²) in [5.41, 5.74) is 3.68. The molecule has 0 aromatic heterocycles. The number of rotatable bonds is 2. The molecule has 0 aliphatic carbocycles. The summed E-state index contributed by atoms with van der Waals surface area (Å²) in [4.78, 5) is 11.9. The summed E-state index contributed by atoms with van der Waals surface area (Å²) in [5, 5.41) is 1.87. The monoisotopic (exact) mass is 236 g/mol. The van der Waals surface area contributed by atoms with Crippen LogP contribution in [0.25, 0.3) is 0 Å². The van der Waals surface area contributed by atoms with Crippen LogP contribution in [-0.2, 0) is 0 Å². The zero-order valence-corrected chi connectivity index (χ0v) is 10.0. The Hall–Kier alpha value is -1.42. The summed E-state index contributed by atoms with van der Waals surface area (Å²) in [6, 6.07) is 4.66. The zero-order chi connectivity index (χ0) is 12.3. The number of hydrogen-bond donors (Lipinski definition) is 1. The normalized spacial score (nSPS) is 16.8. The van der Waals surface area contributed by atoms with Crippen molar-refractivity contribution < 1.29 is 9.18 Å². The van der Waals surface area contributed by atoms with Crippen LogP contribution in [0.5, 0.6) is 0 Å². The molecule has 3 nitrogen and oxygen atoms in total. The van der Waals surface area contributed by atoms with Crippen LogP contribution in [0.2, 0.25) is 0 Å². The lowest BCUT2D eigenvalue weighted by Gasteiger charge is -2.26. The highest BCUT2D eigenvalue weighted by Crippen LogP contribution is 2.11. The molecule has 0 spiro atoms. The van der Waals surface area contributed by atoms with Gasteiger partial charge in [-0.05, 0) is 37.5 Å². The van der Waals surface area contributed by atoms with E-state index < -0.39 is 5.82 Å². The average molecular weight is 236 g/mol. The number of benzene rings is 1. The van der Waals surface area contributed by atoms with E-state index in [4.69, 9.17) is 0 Å². The number of nitrogens with zero attached hydrogens (tertiary/aromatic N) is 1. The molecule has 1 aromatic rings. The Morgan fingerprint density at radius 3 is 2.65 bits per heavy atom. The van der Waals surface area contributed by atoms with Crippen LogP contribution in [0.1, 0.15) is 35.2 Å². The molecule has 92 valence electrons. The summed E-state index contributed by atoms with van der Waals surface area (Å²) in [6.45, 7) is 3.49. The van der Waals surface area contributed by atoms with Crippen molar-refractivity contribution >= 4 is 5.91 Å². The number of hydrogen-bond acceptors (Lipinski definition) is 2. The Kier molecular flexibility index (Phi) is 3.74. The molecule has 1 aliphatic rings. The molecule has 1 N–H and O–H groups in total. The molecule has 0 saturated carbocycles. The summed E-state index contributed by atoms with van der Waals surface area (Å²) >= 11 is 0. The van der Waals surface area contributed by atoms with E-state index in [1.54, 1.807) is 13.0 Å². The summed E-state index contributed by atoms with van der Waals surface area (Å²) in [7, 11) is 0. The van der Waals surface area contributed by atoms with Gasteiger partial charge in [-0.3, -0.25) is 10.2 Å². The van der Waals surface area contributed by atoms with Crippen molar-refractivity contribution in [2.75, 3.05) is 13.1 Å². The highest BCUT2D eigenvalue weighted by Gasteiger charge is 2.16. The predicted octanol–water partition coefficient (Wildman–Crippen LogP) is 2.26. The van der Waals surface area contributed by atoms with E-state index in [9.17, 15) is 9.18 Å². The molecule has 1 amide bonds. The molecule has 0 atom stereocenters. The molecule has 1 saturated heterocycles. The van der Waals surface area contributed by atoms with Gasteiger partial charge in [0.2, 0.25) is 0 Å². The Bertz CT molecular complexity index is 414. The number of amides is 1. The van der Waals surface area contributed by atoms with Crippen LogP contribution < -0.4 is 5.43 Å². The van der Waals surface area contributed by atoms with E-state index >= 15 is 0 Å². The van der Waals surface area contributed by atoms with Crippen molar-refractivity contribution in [2.45, 2.75) is 26.2 Å². The molecule has 1 heterocycles. The molecular weight excluding hydrogens is 219 g/mol. The van der Waals surface area contributed by atoms with Crippen molar-refractivity contribution in [1.82, 2.24) is 10.4 Å². The molecule has 1 fully saturated rings. The molecule has 1 aromatic carbocycles. The van der Waals surface area contributed by atoms with Gasteiger partial charge in [-0.2, -0.15) is 0 Å².